The summed E-state index contributed by atoms with van der Waals surface area (Å²) in [5, 5.41) is 4.26. The van der Waals surface area contributed by atoms with Gasteiger partial charge in [0.2, 0.25) is 0 Å². The summed E-state index contributed by atoms with van der Waals surface area (Å²) in [5.41, 5.74) is 3.28. The van der Waals surface area contributed by atoms with Crippen LogP contribution in [0, 0.1) is 6.92 Å². The first-order valence-corrected chi connectivity index (χ1v) is 8.06. The van der Waals surface area contributed by atoms with E-state index in [0.29, 0.717) is 0 Å². The molecule has 1 unspecified atom stereocenters. The summed E-state index contributed by atoms with van der Waals surface area (Å²) in [4.78, 5) is 0. The summed E-state index contributed by atoms with van der Waals surface area (Å²) in [7, 11) is 1.69. The lowest BCUT2D eigenvalue weighted by Gasteiger charge is -2.23. The topological polar surface area (TPSA) is 21.3 Å². The van der Waals surface area contributed by atoms with Crippen molar-refractivity contribution >= 4 is 27.5 Å². The van der Waals surface area contributed by atoms with E-state index < -0.39 is 0 Å². The Bertz CT molecular complexity index is 630. The van der Waals surface area contributed by atoms with Crippen molar-refractivity contribution in [3.05, 3.63) is 62.6 Å². The van der Waals surface area contributed by atoms with Crippen LogP contribution in [0.2, 0.25) is 5.02 Å². The second kappa shape index (κ2) is 7.30. The summed E-state index contributed by atoms with van der Waals surface area (Å²) < 4.78 is 6.53. The summed E-state index contributed by atoms with van der Waals surface area (Å²) in [6.45, 7) is 4.96. The van der Waals surface area contributed by atoms with E-state index in [2.05, 4.69) is 46.4 Å². The zero-order chi connectivity index (χ0) is 15.4. The Morgan fingerprint density at radius 3 is 2.57 bits per heavy atom. The fraction of sp³-hybridized carbons (Fsp3) is 0.294. The van der Waals surface area contributed by atoms with E-state index in [0.717, 1.165) is 38.5 Å². The highest BCUT2D eigenvalue weighted by atomic mass is 79.9. The maximum absolute atomic E-state index is 6.45. The second-order valence-electron chi connectivity index (χ2n) is 4.90. The maximum atomic E-state index is 6.45. The van der Waals surface area contributed by atoms with Crippen LogP contribution in [0.4, 0.5) is 0 Å². The molecule has 0 heterocycles. The molecule has 2 aromatic carbocycles. The van der Waals surface area contributed by atoms with Gasteiger partial charge >= 0.3 is 0 Å². The number of aryl methyl sites for hydroxylation is 1. The first-order valence-electron chi connectivity index (χ1n) is 6.89. The molecule has 0 saturated carbocycles. The Hall–Kier alpha value is -1.03. The predicted molar refractivity (Wildman–Crippen MR) is 92.4 cm³/mol. The van der Waals surface area contributed by atoms with Crippen molar-refractivity contribution in [3.8, 4) is 5.75 Å². The van der Waals surface area contributed by atoms with E-state index in [1.54, 1.807) is 7.11 Å². The first-order chi connectivity index (χ1) is 10.1. The highest BCUT2D eigenvalue weighted by Gasteiger charge is 2.20. The Balaban J connectivity index is 2.55. The molecule has 112 valence electrons. The van der Waals surface area contributed by atoms with Crippen molar-refractivity contribution in [2.75, 3.05) is 13.7 Å². The van der Waals surface area contributed by atoms with Crippen LogP contribution >= 0.6 is 27.5 Å². The monoisotopic (exact) mass is 367 g/mol. The van der Waals surface area contributed by atoms with Crippen LogP contribution in [-0.2, 0) is 0 Å². The summed E-state index contributed by atoms with van der Waals surface area (Å²) in [5.74, 6) is 0.848. The first kappa shape index (κ1) is 16.3. The van der Waals surface area contributed by atoms with Crippen LogP contribution in [0.25, 0.3) is 0 Å². The van der Waals surface area contributed by atoms with Crippen LogP contribution in [0.5, 0.6) is 5.75 Å². The van der Waals surface area contributed by atoms with Crippen LogP contribution in [0.1, 0.15) is 29.7 Å². The number of benzene rings is 2. The molecule has 4 heteroatoms. The highest BCUT2D eigenvalue weighted by molar-refractivity contribution is 9.10. The van der Waals surface area contributed by atoms with Gasteiger partial charge in [-0.05, 0) is 48.9 Å². The minimum Gasteiger partial charge on any atom is -0.496 e. The van der Waals surface area contributed by atoms with Crippen molar-refractivity contribution in [1.82, 2.24) is 5.32 Å². The van der Waals surface area contributed by atoms with E-state index in [9.17, 15) is 0 Å². The predicted octanol–water partition coefficient (Wildman–Crippen LogP) is 5.12. The number of hydrogen-bond donors (Lipinski definition) is 1. The Morgan fingerprint density at radius 2 is 1.95 bits per heavy atom. The van der Waals surface area contributed by atoms with Crippen molar-refractivity contribution in [3.63, 3.8) is 0 Å². The molecular formula is C17H19BrClNO. The van der Waals surface area contributed by atoms with Crippen LogP contribution < -0.4 is 10.1 Å². The lowest BCUT2D eigenvalue weighted by Crippen LogP contribution is -2.23. The smallest absolute Gasteiger partial charge is 0.124 e. The third-order valence-electron chi connectivity index (χ3n) is 3.38. The molecule has 0 aliphatic carbocycles. The van der Waals surface area contributed by atoms with Crippen LogP contribution in [0.15, 0.2) is 40.9 Å². The average Bonchev–Trinajstić information content (AvgIpc) is 2.45. The van der Waals surface area contributed by atoms with Gasteiger partial charge in [-0.15, -0.1) is 0 Å². The molecule has 0 aromatic heterocycles. The molecule has 2 aromatic rings. The number of halogens is 2. The zero-order valence-electron chi connectivity index (χ0n) is 12.4. The van der Waals surface area contributed by atoms with Crippen molar-refractivity contribution in [1.29, 1.82) is 0 Å². The van der Waals surface area contributed by atoms with Crippen LogP contribution in [0.3, 0.4) is 0 Å². The third kappa shape index (κ3) is 3.79. The molecule has 21 heavy (non-hydrogen) atoms. The number of methoxy groups -OCH3 is 1. The van der Waals surface area contributed by atoms with E-state index in [1.807, 2.05) is 25.1 Å². The standard InChI is InChI=1S/C17H19BrClNO/c1-4-20-17(13-7-5-11(2)9-15(13)19)14-10-12(18)6-8-16(14)21-3/h5-10,17,20H,4H2,1-3H3. The molecule has 0 aliphatic rings. The SMILES string of the molecule is CCNC(c1ccc(C)cc1Cl)c1cc(Br)ccc1OC. The van der Waals surface area contributed by atoms with Gasteiger partial charge in [0, 0.05) is 15.1 Å². The van der Waals surface area contributed by atoms with E-state index in [1.165, 1.54) is 0 Å². The fourth-order valence-corrected chi connectivity index (χ4v) is 3.11. The van der Waals surface area contributed by atoms with Crippen LogP contribution in [-0.4, -0.2) is 13.7 Å². The molecule has 0 amide bonds. The molecule has 1 atom stereocenters. The van der Waals surface area contributed by atoms with E-state index in [-0.39, 0.29) is 6.04 Å². The van der Waals surface area contributed by atoms with E-state index >= 15 is 0 Å². The Kier molecular flexibility index (Phi) is 5.68. The van der Waals surface area contributed by atoms with Gasteiger partial charge in [-0.25, -0.2) is 0 Å². The lowest BCUT2D eigenvalue weighted by molar-refractivity contribution is 0.404. The van der Waals surface area contributed by atoms with Gasteiger partial charge in [-0.3, -0.25) is 0 Å². The summed E-state index contributed by atoms with van der Waals surface area (Å²) in [6, 6.07) is 12.2. The average molecular weight is 369 g/mol. The van der Waals surface area contributed by atoms with Crippen molar-refractivity contribution < 1.29 is 4.74 Å². The molecule has 0 aliphatic heterocycles. The molecule has 0 saturated heterocycles. The van der Waals surface area contributed by atoms with Gasteiger partial charge in [0.15, 0.2) is 0 Å². The fourth-order valence-electron chi connectivity index (χ4n) is 2.39. The Morgan fingerprint density at radius 1 is 1.19 bits per heavy atom. The molecule has 2 rings (SSSR count). The second-order valence-corrected chi connectivity index (χ2v) is 6.22. The third-order valence-corrected chi connectivity index (χ3v) is 4.20. The minimum atomic E-state index is -0.00412. The molecule has 0 bridgehead atoms. The number of nitrogens with one attached hydrogen (secondary N) is 1. The number of ether oxygens (including phenoxy) is 1. The zero-order valence-corrected chi connectivity index (χ0v) is 14.8. The van der Waals surface area contributed by atoms with Gasteiger partial charge in [0.05, 0.1) is 13.2 Å². The minimum absolute atomic E-state index is 0.00412. The summed E-state index contributed by atoms with van der Waals surface area (Å²) >= 11 is 9.98. The normalized spacial score (nSPS) is 12.2. The Labute approximate surface area is 139 Å². The highest BCUT2D eigenvalue weighted by Crippen LogP contribution is 2.35. The van der Waals surface area contributed by atoms with Gasteiger partial charge in [0.25, 0.3) is 0 Å². The lowest BCUT2D eigenvalue weighted by atomic mass is 9.96. The van der Waals surface area contributed by atoms with Gasteiger partial charge < -0.3 is 10.1 Å². The van der Waals surface area contributed by atoms with Gasteiger partial charge in [-0.2, -0.15) is 0 Å². The molecule has 2 nitrogen and oxygen atoms in total. The molecular weight excluding hydrogens is 350 g/mol. The van der Waals surface area contributed by atoms with Crippen molar-refractivity contribution in [2.24, 2.45) is 0 Å². The largest absolute Gasteiger partial charge is 0.496 e. The number of rotatable bonds is 5. The maximum Gasteiger partial charge on any atom is 0.124 e. The molecule has 0 spiro atoms. The molecule has 1 N–H and O–H groups in total. The van der Waals surface area contributed by atoms with E-state index in [4.69, 9.17) is 16.3 Å². The quantitative estimate of drug-likeness (QED) is 0.791. The van der Waals surface area contributed by atoms with Gasteiger partial charge in [0.1, 0.15) is 5.75 Å². The van der Waals surface area contributed by atoms with Crippen molar-refractivity contribution in [2.45, 2.75) is 19.9 Å². The summed E-state index contributed by atoms with van der Waals surface area (Å²) in [6.07, 6.45) is 0. The molecule has 0 radical (unpaired) electrons. The number of hydrogen-bond acceptors (Lipinski definition) is 2. The van der Waals surface area contributed by atoms with Gasteiger partial charge in [-0.1, -0.05) is 46.6 Å². The molecule has 0 fully saturated rings.